The summed E-state index contributed by atoms with van der Waals surface area (Å²) in [6.07, 6.45) is 6.48. The van der Waals surface area contributed by atoms with Crippen molar-refractivity contribution < 1.29 is 5.11 Å². The molecule has 0 bridgehead atoms. The van der Waals surface area contributed by atoms with Crippen molar-refractivity contribution >= 4 is 0 Å². The summed E-state index contributed by atoms with van der Waals surface area (Å²) < 4.78 is 0. The highest BCUT2D eigenvalue weighted by Gasteiger charge is 2.17. The van der Waals surface area contributed by atoms with Crippen LogP contribution in [0, 0.1) is 20.8 Å². The maximum atomic E-state index is 10.5. The van der Waals surface area contributed by atoms with Crippen LogP contribution in [0.1, 0.15) is 54.0 Å². The number of hydrogen-bond acceptors (Lipinski definition) is 1. The molecule has 1 N–H and O–H groups in total. The highest BCUT2D eigenvalue weighted by molar-refractivity contribution is 5.40. The van der Waals surface area contributed by atoms with Crippen LogP contribution in [0.15, 0.2) is 23.8 Å². The molecule has 0 fully saturated rings. The van der Waals surface area contributed by atoms with Crippen molar-refractivity contribution in [2.24, 2.45) is 0 Å². The maximum Gasteiger partial charge on any atom is 0.100 e. The number of aliphatic hydroxyl groups is 1. The predicted octanol–water partition coefficient (Wildman–Crippen LogP) is 4.15. The number of allylic oxidation sites excluding steroid dienone is 1. The van der Waals surface area contributed by atoms with Crippen molar-refractivity contribution in [2.45, 2.75) is 52.6 Å². The Labute approximate surface area is 104 Å². The van der Waals surface area contributed by atoms with Gasteiger partial charge in [-0.25, -0.2) is 0 Å². The number of aliphatic hydroxyl groups excluding tert-OH is 1. The van der Waals surface area contributed by atoms with Gasteiger partial charge >= 0.3 is 0 Å². The lowest BCUT2D eigenvalue weighted by atomic mass is 9.88. The molecule has 1 heteroatoms. The lowest BCUT2D eigenvalue weighted by Crippen LogP contribution is -2.07. The molecule has 0 aliphatic heterocycles. The van der Waals surface area contributed by atoms with Crippen LogP contribution in [0.2, 0.25) is 0 Å². The second kappa shape index (κ2) is 5.05. The minimum Gasteiger partial charge on any atom is -0.384 e. The maximum absolute atomic E-state index is 10.5. The van der Waals surface area contributed by atoms with E-state index in [1.807, 2.05) is 0 Å². The van der Waals surface area contributed by atoms with Crippen LogP contribution in [0.25, 0.3) is 0 Å². The number of rotatable bonds is 2. The molecule has 2 rings (SSSR count). The summed E-state index contributed by atoms with van der Waals surface area (Å²) in [6.45, 7) is 6.33. The molecule has 1 aromatic rings. The van der Waals surface area contributed by atoms with Crippen molar-refractivity contribution in [3.63, 3.8) is 0 Å². The molecule has 0 amide bonds. The Morgan fingerprint density at radius 1 is 1.00 bits per heavy atom. The normalized spacial score (nSPS) is 17.8. The lowest BCUT2D eigenvalue weighted by Gasteiger charge is -2.21. The van der Waals surface area contributed by atoms with Crippen LogP contribution in [0.4, 0.5) is 0 Å². The molecule has 1 atom stereocenters. The summed E-state index contributed by atoms with van der Waals surface area (Å²) in [4.78, 5) is 0. The van der Waals surface area contributed by atoms with Crippen LogP contribution in [0.3, 0.4) is 0 Å². The fourth-order valence-corrected chi connectivity index (χ4v) is 2.59. The summed E-state index contributed by atoms with van der Waals surface area (Å²) in [7, 11) is 0. The van der Waals surface area contributed by atoms with Crippen molar-refractivity contribution in [3.05, 3.63) is 46.0 Å². The third-order valence-electron chi connectivity index (χ3n) is 3.85. The van der Waals surface area contributed by atoms with E-state index in [-0.39, 0.29) is 0 Å². The minimum absolute atomic E-state index is 0.394. The topological polar surface area (TPSA) is 20.2 Å². The van der Waals surface area contributed by atoms with Gasteiger partial charge in [0.2, 0.25) is 0 Å². The number of hydrogen-bond donors (Lipinski definition) is 1. The summed E-state index contributed by atoms with van der Waals surface area (Å²) in [5.41, 5.74) is 6.06. The van der Waals surface area contributed by atoms with E-state index in [9.17, 15) is 5.11 Å². The highest BCUT2D eigenvalue weighted by atomic mass is 16.3. The molecule has 1 aliphatic rings. The van der Waals surface area contributed by atoms with E-state index in [0.717, 1.165) is 18.4 Å². The zero-order valence-corrected chi connectivity index (χ0v) is 11.1. The van der Waals surface area contributed by atoms with E-state index >= 15 is 0 Å². The van der Waals surface area contributed by atoms with Crippen LogP contribution in [-0.2, 0) is 0 Å². The van der Waals surface area contributed by atoms with Gasteiger partial charge in [0.05, 0.1) is 0 Å². The largest absolute Gasteiger partial charge is 0.384 e. The first-order valence-corrected chi connectivity index (χ1v) is 6.54. The molecule has 1 unspecified atom stereocenters. The van der Waals surface area contributed by atoms with E-state index < -0.39 is 6.10 Å². The molecule has 0 saturated heterocycles. The Kier molecular flexibility index (Phi) is 3.68. The smallest absolute Gasteiger partial charge is 0.100 e. The molecule has 1 aromatic carbocycles. The van der Waals surface area contributed by atoms with Gasteiger partial charge in [-0.2, -0.15) is 0 Å². The molecule has 92 valence electrons. The first-order chi connectivity index (χ1) is 8.09. The summed E-state index contributed by atoms with van der Waals surface area (Å²) in [6, 6.07) is 4.32. The third-order valence-corrected chi connectivity index (χ3v) is 3.85. The number of aryl methyl sites for hydroxylation is 3. The van der Waals surface area contributed by atoms with Gasteiger partial charge in [0.1, 0.15) is 6.10 Å². The van der Waals surface area contributed by atoms with Gasteiger partial charge in [-0.05, 0) is 74.3 Å². The van der Waals surface area contributed by atoms with Crippen molar-refractivity contribution in [3.8, 4) is 0 Å². The summed E-state index contributed by atoms with van der Waals surface area (Å²) >= 11 is 0. The lowest BCUT2D eigenvalue weighted by molar-refractivity contribution is 0.207. The van der Waals surface area contributed by atoms with E-state index in [0.29, 0.717) is 0 Å². The summed E-state index contributed by atoms with van der Waals surface area (Å²) in [5, 5.41) is 10.5. The molecular formula is C16H22O. The third kappa shape index (κ3) is 2.61. The van der Waals surface area contributed by atoms with Gasteiger partial charge in [0.15, 0.2) is 0 Å². The van der Waals surface area contributed by atoms with E-state index in [2.05, 4.69) is 39.0 Å². The molecule has 0 heterocycles. The van der Waals surface area contributed by atoms with E-state index in [1.54, 1.807) is 0 Å². The Morgan fingerprint density at radius 3 is 2.35 bits per heavy atom. The average molecular weight is 230 g/mol. The van der Waals surface area contributed by atoms with Gasteiger partial charge < -0.3 is 5.11 Å². The minimum atomic E-state index is -0.394. The van der Waals surface area contributed by atoms with Gasteiger partial charge in [-0.1, -0.05) is 18.2 Å². The monoisotopic (exact) mass is 230 g/mol. The molecule has 0 aromatic heterocycles. The fourth-order valence-electron chi connectivity index (χ4n) is 2.59. The van der Waals surface area contributed by atoms with Crippen LogP contribution < -0.4 is 0 Å². The highest BCUT2D eigenvalue weighted by Crippen LogP contribution is 2.32. The van der Waals surface area contributed by atoms with Crippen molar-refractivity contribution in [1.82, 2.24) is 0 Å². The van der Waals surface area contributed by atoms with Crippen LogP contribution in [-0.4, -0.2) is 5.11 Å². The van der Waals surface area contributed by atoms with E-state index in [4.69, 9.17) is 0 Å². The zero-order valence-electron chi connectivity index (χ0n) is 11.1. The summed E-state index contributed by atoms with van der Waals surface area (Å²) in [5.74, 6) is 0. The molecule has 0 radical (unpaired) electrons. The van der Waals surface area contributed by atoms with E-state index in [1.165, 1.54) is 35.1 Å². The molecule has 1 nitrogen and oxygen atoms in total. The first-order valence-electron chi connectivity index (χ1n) is 6.54. The van der Waals surface area contributed by atoms with Crippen LogP contribution in [0.5, 0.6) is 0 Å². The Hall–Kier alpha value is -1.08. The van der Waals surface area contributed by atoms with Gasteiger partial charge in [0.25, 0.3) is 0 Å². The Morgan fingerprint density at radius 2 is 1.71 bits per heavy atom. The zero-order chi connectivity index (χ0) is 12.4. The van der Waals surface area contributed by atoms with Gasteiger partial charge in [-0.3, -0.25) is 0 Å². The fraction of sp³-hybridized carbons (Fsp3) is 0.500. The molecular weight excluding hydrogens is 208 g/mol. The van der Waals surface area contributed by atoms with Crippen LogP contribution >= 0.6 is 0 Å². The standard InChI is InChI=1S/C16H22O/c1-11-9-13(3)15(10-12(11)2)16(17)14-7-5-4-6-8-14/h7,9-10,16-17H,4-6,8H2,1-3H3. The second-order valence-corrected chi connectivity index (χ2v) is 5.22. The van der Waals surface area contributed by atoms with Crippen molar-refractivity contribution in [2.75, 3.05) is 0 Å². The SMILES string of the molecule is Cc1cc(C)c(C(O)C2=CCCCC2)cc1C. The number of benzene rings is 1. The Balaban J connectivity index is 2.33. The second-order valence-electron chi connectivity index (χ2n) is 5.22. The van der Waals surface area contributed by atoms with Crippen molar-refractivity contribution in [1.29, 1.82) is 0 Å². The molecule has 0 spiro atoms. The predicted molar refractivity (Wildman–Crippen MR) is 72.2 cm³/mol. The van der Waals surface area contributed by atoms with Gasteiger partial charge in [0, 0.05) is 0 Å². The quantitative estimate of drug-likeness (QED) is 0.757. The Bertz CT molecular complexity index is 443. The molecule has 1 aliphatic carbocycles. The first kappa shape index (κ1) is 12.4. The molecule has 0 saturated carbocycles. The molecule has 17 heavy (non-hydrogen) atoms. The average Bonchev–Trinajstić information content (AvgIpc) is 2.34. The van der Waals surface area contributed by atoms with Gasteiger partial charge in [-0.15, -0.1) is 0 Å².